The van der Waals surface area contributed by atoms with Gasteiger partial charge in [0.15, 0.2) is 36.2 Å². The van der Waals surface area contributed by atoms with Gasteiger partial charge in [-0.2, -0.15) is 0 Å². The van der Waals surface area contributed by atoms with Crippen molar-refractivity contribution < 1.29 is 111 Å². The Morgan fingerprint density at radius 2 is 1.51 bits per heavy atom. The number of aliphatic hydroxyl groups is 3. The van der Waals surface area contributed by atoms with Gasteiger partial charge in [0.05, 0.1) is 49.2 Å². The number of halogens is 1. The second-order valence-corrected chi connectivity index (χ2v) is 17.8. The van der Waals surface area contributed by atoms with E-state index in [1.165, 1.54) is 50.4 Å². The molecule has 6 N–H and O–H groups in total. The van der Waals surface area contributed by atoms with Gasteiger partial charge in [-0.05, 0) is 31.2 Å². The summed E-state index contributed by atoms with van der Waals surface area (Å²) < 4.78 is 55.9. The average Bonchev–Trinajstić information content (AvgIpc) is 3.33. The van der Waals surface area contributed by atoms with Crippen LogP contribution in [-0.2, 0) is 74.9 Å². The van der Waals surface area contributed by atoms with Crippen LogP contribution in [0.1, 0.15) is 95.2 Å². The monoisotopic (exact) mass is 1040 g/mol. The number of methoxy groups -OCH3 is 2. The zero-order valence-corrected chi connectivity index (χ0v) is 40.5. The largest absolute Gasteiger partial charge is 0.507 e. The van der Waals surface area contributed by atoms with Gasteiger partial charge < -0.3 is 78.2 Å². The van der Waals surface area contributed by atoms with Crippen molar-refractivity contribution in [2.75, 3.05) is 20.8 Å². The van der Waals surface area contributed by atoms with Gasteiger partial charge in [-0.1, -0.05) is 23.7 Å². The Morgan fingerprint density at radius 3 is 2.15 bits per heavy atom. The first-order valence-electron chi connectivity index (χ1n) is 22.4. The van der Waals surface area contributed by atoms with Gasteiger partial charge >= 0.3 is 30.0 Å². The smallest absolute Gasteiger partial charge is 0.407 e. The highest BCUT2D eigenvalue weighted by Gasteiger charge is 2.56. The topological polar surface area (TPSA) is 342 Å². The fourth-order valence-corrected chi connectivity index (χ4v) is 9.47. The predicted octanol–water partition coefficient (Wildman–Crippen LogP) is 1.69. The van der Waals surface area contributed by atoms with Gasteiger partial charge in [0.2, 0.25) is 18.2 Å². The molecule has 0 spiro atoms. The lowest BCUT2D eigenvalue weighted by Crippen LogP contribution is -2.64. The number of alkyl carbamates (subject to hydrolysis) is 1. The minimum Gasteiger partial charge on any atom is -0.507 e. The van der Waals surface area contributed by atoms with Crippen molar-refractivity contribution in [1.82, 2.24) is 5.32 Å². The van der Waals surface area contributed by atoms with E-state index >= 15 is 0 Å². The molecule has 0 aromatic heterocycles. The van der Waals surface area contributed by atoms with Crippen LogP contribution in [0.5, 0.6) is 23.0 Å². The maximum atomic E-state index is 14.1. The number of rotatable bonds is 14. The third kappa shape index (κ3) is 10.8. The molecule has 2 aliphatic carbocycles. The zero-order chi connectivity index (χ0) is 53.4. The molecule has 2 heterocycles. The van der Waals surface area contributed by atoms with E-state index in [0.717, 1.165) is 27.9 Å². The predicted molar refractivity (Wildman–Crippen MR) is 240 cm³/mol. The number of Topliss-reactive ketones (excluding diaryl/α,β-unsaturated/α-hetero) is 1. The van der Waals surface area contributed by atoms with Gasteiger partial charge in [-0.25, -0.2) is 9.59 Å². The van der Waals surface area contributed by atoms with Crippen molar-refractivity contribution in [3.05, 3.63) is 80.4 Å². The van der Waals surface area contributed by atoms with Crippen molar-refractivity contribution in [3.63, 3.8) is 0 Å². The van der Waals surface area contributed by atoms with Gasteiger partial charge in [-0.3, -0.25) is 28.8 Å². The SMILES string of the molecule is COC(=O)[C@H]1O[C@@H](Oc2ccc(Cl)cc2COC(=O)N[C@H]2C[C@H](O[C@H]3C[C@](O)(C(=O)CO)Cc4c(O)c5c(c(O)c43)C(=O)c3c(OC)cccc3C5=O)O[C@@H](C)[C@H]2O)[C@H](OC(C)=O)[C@@H](OC(C)=O)[C@@H]1OC(C)=O. The molecule has 0 radical (unpaired) electrons. The highest BCUT2D eigenvalue weighted by atomic mass is 35.5. The Bertz CT molecular complexity index is 2740. The minimum atomic E-state index is -2.46. The first-order chi connectivity index (χ1) is 34.5. The van der Waals surface area contributed by atoms with Crippen LogP contribution in [0, 0.1) is 0 Å². The third-order valence-electron chi connectivity index (χ3n) is 12.5. The first kappa shape index (κ1) is 53.9. The maximum Gasteiger partial charge on any atom is 0.407 e. The van der Waals surface area contributed by atoms with E-state index in [9.17, 15) is 63.9 Å². The summed E-state index contributed by atoms with van der Waals surface area (Å²) in [5, 5.41) is 59.0. The Kier molecular flexibility index (Phi) is 16.0. The Labute approximate surface area is 419 Å². The number of ether oxygens (including phenoxy) is 10. The molecule has 3 aromatic carbocycles. The normalized spacial score (nSPS) is 27.2. The van der Waals surface area contributed by atoms with Crippen LogP contribution in [0.25, 0.3) is 0 Å². The number of aliphatic hydroxyl groups excluding tert-OH is 2. The summed E-state index contributed by atoms with van der Waals surface area (Å²) >= 11 is 6.31. The van der Waals surface area contributed by atoms with Crippen LogP contribution < -0.4 is 14.8 Å². The summed E-state index contributed by atoms with van der Waals surface area (Å²) in [6.45, 7) is 2.68. The third-order valence-corrected chi connectivity index (χ3v) is 12.8. The van der Waals surface area contributed by atoms with Crippen molar-refractivity contribution in [2.45, 2.75) is 121 Å². The summed E-state index contributed by atoms with van der Waals surface area (Å²) in [6, 6.07) is 6.94. The molecule has 0 saturated carbocycles. The number of carbonyl (C=O) groups is 8. The molecule has 0 unspecified atom stereocenters. The number of esters is 4. The lowest BCUT2D eigenvalue weighted by Gasteiger charge is -2.43. The van der Waals surface area contributed by atoms with Crippen molar-refractivity contribution in [3.8, 4) is 23.0 Å². The Hall–Kier alpha value is -6.93. The molecule has 1 amide bonds. The first-order valence-corrected chi connectivity index (χ1v) is 22.8. The number of benzene rings is 3. The quantitative estimate of drug-likeness (QED) is 0.0594. The Morgan fingerprint density at radius 1 is 0.849 bits per heavy atom. The van der Waals surface area contributed by atoms with E-state index in [-0.39, 0.29) is 50.8 Å². The van der Waals surface area contributed by atoms with Crippen molar-refractivity contribution in [1.29, 1.82) is 0 Å². The lowest BCUT2D eigenvalue weighted by molar-refractivity contribution is -0.282. The fraction of sp³-hybridized carbons (Fsp3) is 0.458. The number of aromatic hydroxyl groups is 2. The lowest BCUT2D eigenvalue weighted by atomic mass is 9.72. The number of amides is 1. The number of nitrogens with one attached hydrogen (secondary N) is 1. The van der Waals surface area contributed by atoms with Gasteiger partial charge in [0.1, 0.15) is 47.9 Å². The Balaban J connectivity index is 1.12. The maximum absolute atomic E-state index is 14.1. The molecule has 2 saturated heterocycles. The molecule has 2 aliphatic heterocycles. The summed E-state index contributed by atoms with van der Waals surface area (Å²) in [5.74, 6) is -8.53. The van der Waals surface area contributed by atoms with Gasteiger partial charge in [0.25, 0.3) is 0 Å². The zero-order valence-electron chi connectivity index (χ0n) is 39.7. The van der Waals surface area contributed by atoms with Crippen molar-refractivity contribution in [2.24, 2.45) is 0 Å². The van der Waals surface area contributed by atoms with Crippen molar-refractivity contribution >= 4 is 58.9 Å². The number of carbonyl (C=O) groups excluding carboxylic acids is 8. The number of phenolic OH excluding ortho intramolecular Hbond substituents is 2. The molecule has 25 heteroatoms. The van der Waals surface area contributed by atoms with Crippen LogP contribution in [-0.4, -0.2) is 155 Å². The molecule has 7 rings (SSSR count). The fourth-order valence-electron chi connectivity index (χ4n) is 9.27. The number of hydrogen-bond donors (Lipinski definition) is 6. The standard InChI is InChI=1S/C48H50ClNO23/c1-18-36(56)26(50-47(62)66-17-22-12-23(49)10-11-27(22)72-46-44(70-21(4)54)42(69-20(3)53)41(68-19(2)52)43(73-46)45(61)65-6)13-31(67-18)71-29-15-48(63,30(55)16-51)14-25-33(29)40(60)35-34(38(25)58)37(57)24-8-7-9-28(64-5)32(24)39(35)59/h7-12,18,26,29,31,36,41-44,46,51,56,58,60,63H,13-17H2,1-6H3,(H,50,62)/t18-,26-,29-,31-,36+,41-,42-,43-,44+,46+,48-/m0/s1. The minimum absolute atomic E-state index is 0.00139. The molecule has 3 aromatic rings. The summed E-state index contributed by atoms with van der Waals surface area (Å²) in [7, 11) is 2.27. The molecule has 2 fully saturated rings. The van der Waals surface area contributed by atoms with E-state index in [1.54, 1.807) is 0 Å². The van der Waals surface area contributed by atoms with Gasteiger partial charge in [-0.15, -0.1) is 0 Å². The van der Waals surface area contributed by atoms with Crippen LogP contribution in [0.15, 0.2) is 36.4 Å². The highest BCUT2D eigenvalue weighted by molar-refractivity contribution is 6.31. The van der Waals surface area contributed by atoms with E-state index in [1.807, 2.05) is 0 Å². The summed E-state index contributed by atoms with van der Waals surface area (Å²) in [6.07, 6.45) is -17.2. The van der Waals surface area contributed by atoms with Crippen LogP contribution in [0.4, 0.5) is 4.79 Å². The molecular formula is C48H50ClNO23. The molecule has 392 valence electrons. The van der Waals surface area contributed by atoms with Crippen LogP contribution in [0.2, 0.25) is 5.02 Å². The van der Waals surface area contributed by atoms with E-state index < -0.39 is 163 Å². The average molecular weight is 1040 g/mol. The van der Waals surface area contributed by atoms with Crippen LogP contribution in [0.3, 0.4) is 0 Å². The molecule has 73 heavy (non-hydrogen) atoms. The number of phenols is 2. The van der Waals surface area contributed by atoms with Crippen LogP contribution >= 0.6 is 11.6 Å². The molecular weight excluding hydrogens is 994 g/mol. The molecule has 0 bridgehead atoms. The number of ketones is 3. The second kappa shape index (κ2) is 21.7. The van der Waals surface area contributed by atoms with E-state index in [2.05, 4.69) is 5.32 Å². The molecule has 11 atom stereocenters. The number of fused-ring (bicyclic) bond motifs is 3. The van der Waals surface area contributed by atoms with E-state index in [4.69, 9.17) is 59.0 Å². The highest BCUT2D eigenvalue weighted by Crippen LogP contribution is 2.52. The summed E-state index contributed by atoms with van der Waals surface area (Å²) in [5.41, 5.74) is -4.59. The summed E-state index contributed by atoms with van der Waals surface area (Å²) in [4.78, 5) is 104. The second-order valence-electron chi connectivity index (χ2n) is 17.4. The molecule has 24 nitrogen and oxygen atoms in total. The van der Waals surface area contributed by atoms with E-state index in [0.29, 0.717) is 0 Å². The van der Waals surface area contributed by atoms with Gasteiger partial charge in [0, 0.05) is 67.3 Å². The number of hydrogen-bond acceptors (Lipinski definition) is 23. The molecule has 4 aliphatic rings.